The monoisotopic (exact) mass is 515 g/mol. The highest BCUT2D eigenvalue weighted by Gasteiger charge is 2.78. The number of halogens is 2. The maximum Gasteiger partial charge on any atom is 0.289 e. The van der Waals surface area contributed by atoms with E-state index in [0.29, 0.717) is 6.42 Å². The summed E-state index contributed by atoms with van der Waals surface area (Å²) in [7, 11) is 0. The summed E-state index contributed by atoms with van der Waals surface area (Å²) in [5.74, 6) is -2.86. The highest BCUT2D eigenvalue weighted by molar-refractivity contribution is 6.01. The van der Waals surface area contributed by atoms with Crippen molar-refractivity contribution in [3.05, 3.63) is 48.0 Å². The van der Waals surface area contributed by atoms with Crippen molar-refractivity contribution < 1.29 is 37.8 Å². The molecule has 198 valence electrons. The van der Waals surface area contributed by atoms with E-state index in [1.54, 1.807) is 24.0 Å². The predicted octanol–water partition coefficient (Wildman–Crippen LogP) is 2.83. The van der Waals surface area contributed by atoms with Crippen molar-refractivity contribution >= 4 is 17.5 Å². The van der Waals surface area contributed by atoms with Crippen LogP contribution >= 0.6 is 0 Å². The van der Waals surface area contributed by atoms with Gasteiger partial charge in [-0.15, -0.1) is 0 Å². The van der Waals surface area contributed by atoms with Crippen LogP contribution in [0.3, 0.4) is 0 Å². The molecule has 1 aromatic rings. The summed E-state index contributed by atoms with van der Waals surface area (Å²) in [6, 6.07) is 3.14. The molecule has 9 heteroatoms. The summed E-state index contributed by atoms with van der Waals surface area (Å²) in [6.45, 7) is 2.86. The lowest BCUT2D eigenvalue weighted by Gasteiger charge is -2.63. The third kappa shape index (κ3) is 2.79. The molecule has 9 atom stereocenters. The zero-order chi connectivity index (χ0) is 26.5. The van der Waals surface area contributed by atoms with Gasteiger partial charge in [0.15, 0.2) is 23.0 Å². The molecule has 7 nitrogen and oxygen atoms in total. The minimum atomic E-state index is -2.24. The number of allylic oxidation sites excluding steroid dienone is 4. The molecule has 2 heterocycles. The molecule has 1 aliphatic heterocycles. The van der Waals surface area contributed by atoms with Crippen molar-refractivity contribution in [2.45, 2.75) is 51.1 Å². The Hall–Kier alpha value is -2.65. The average Bonchev–Trinajstić information content (AvgIpc) is 3.58. The molecular formula is C28H31F2NO6. The number of likely N-dealkylation sites (tertiary alicyclic amines) is 1. The van der Waals surface area contributed by atoms with Gasteiger partial charge in [-0.2, -0.15) is 0 Å². The number of fused-ring (bicyclic) bond motifs is 7. The second kappa shape index (κ2) is 7.69. The molecule has 1 aromatic heterocycles. The van der Waals surface area contributed by atoms with Gasteiger partial charge in [0.05, 0.1) is 17.8 Å². The van der Waals surface area contributed by atoms with E-state index >= 15 is 8.78 Å². The average molecular weight is 516 g/mol. The SMILES string of the molecule is C[C@]12C=CC(=O)C=C1[C@@H](F)C[C@H]1[C@@H]3C[C@H]4CN(C(=O)c5ccco5)C[C@@]4(C(=O)CO)[C@@]3(C)C[C@H](O)[C@@]12F. The number of furan rings is 1. The molecule has 6 rings (SSSR count). The van der Waals surface area contributed by atoms with Crippen LogP contribution in [0.25, 0.3) is 0 Å². The van der Waals surface area contributed by atoms with Gasteiger partial charge in [-0.05, 0) is 73.3 Å². The number of aliphatic hydroxyl groups is 2. The van der Waals surface area contributed by atoms with Gasteiger partial charge in [0.2, 0.25) is 0 Å². The third-order valence-corrected chi connectivity index (χ3v) is 10.8. The number of ketones is 2. The minimum absolute atomic E-state index is 0.0121. The van der Waals surface area contributed by atoms with Crippen molar-refractivity contribution in [1.82, 2.24) is 4.90 Å². The number of hydrogen-bond donors (Lipinski definition) is 2. The molecule has 0 spiro atoms. The molecule has 0 radical (unpaired) electrons. The fraction of sp³-hybridized carbons (Fsp3) is 0.607. The largest absolute Gasteiger partial charge is 0.459 e. The van der Waals surface area contributed by atoms with E-state index in [1.165, 1.54) is 18.4 Å². The molecular weight excluding hydrogens is 484 g/mol. The Morgan fingerprint density at radius 3 is 2.68 bits per heavy atom. The summed E-state index contributed by atoms with van der Waals surface area (Å²) in [5.41, 5.74) is -5.89. The molecule has 2 N–H and O–H groups in total. The van der Waals surface area contributed by atoms with Crippen LogP contribution in [0.4, 0.5) is 8.78 Å². The van der Waals surface area contributed by atoms with Crippen LogP contribution in [0.15, 0.2) is 46.6 Å². The molecule has 1 amide bonds. The van der Waals surface area contributed by atoms with E-state index in [0.717, 1.165) is 6.08 Å². The van der Waals surface area contributed by atoms with Crippen LogP contribution in [-0.2, 0) is 9.59 Å². The van der Waals surface area contributed by atoms with Gasteiger partial charge in [0.1, 0.15) is 12.8 Å². The summed E-state index contributed by atoms with van der Waals surface area (Å²) in [6.07, 6.45) is 2.13. The lowest BCUT2D eigenvalue weighted by atomic mass is 9.43. The van der Waals surface area contributed by atoms with Crippen molar-refractivity contribution in [3.8, 4) is 0 Å². The Bertz CT molecular complexity index is 1240. The standard InChI is InChI=1S/C28H31F2NO6/c1-25-6-5-16(33)9-19(25)20(29)10-18-17-8-15-12-31(24(36)21-4-3-7-37-21)14-27(15,23(35)13-32)26(17,2)11-22(34)28(18,25)30/h3-7,9,15,17-18,20,22,32,34H,8,10-14H2,1-2H3/t15-,17-,18-,20-,22-,25-,26-,27+,28-/m0/s1. The first-order valence-electron chi connectivity index (χ1n) is 12.9. The van der Waals surface area contributed by atoms with Gasteiger partial charge in [-0.1, -0.05) is 13.0 Å². The van der Waals surface area contributed by atoms with Crippen molar-refractivity contribution in [3.63, 3.8) is 0 Å². The van der Waals surface area contributed by atoms with E-state index in [2.05, 4.69) is 0 Å². The molecule has 5 aliphatic rings. The van der Waals surface area contributed by atoms with Gasteiger partial charge in [0, 0.05) is 24.4 Å². The van der Waals surface area contributed by atoms with Gasteiger partial charge in [-0.3, -0.25) is 14.4 Å². The highest BCUT2D eigenvalue weighted by Crippen LogP contribution is 2.74. The van der Waals surface area contributed by atoms with E-state index in [-0.39, 0.29) is 49.1 Å². The van der Waals surface area contributed by atoms with Crippen LogP contribution in [-0.4, -0.2) is 70.2 Å². The number of aliphatic hydroxyl groups excluding tert-OH is 2. The number of hydrogen-bond acceptors (Lipinski definition) is 6. The zero-order valence-electron chi connectivity index (χ0n) is 20.8. The van der Waals surface area contributed by atoms with E-state index in [9.17, 15) is 24.6 Å². The Morgan fingerprint density at radius 1 is 1.24 bits per heavy atom. The van der Waals surface area contributed by atoms with Crippen LogP contribution in [0.2, 0.25) is 0 Å². The quantitative estimate of drug-likeness (QED) is 0.641. The summed E-state index contributed by atoms with van der Waals surface area (Å²) < 4.78 is 38.3. The van der Waals surface area contributed by atoms with Crippen LogP contribution in [0.1, 0.15) is 43.7 Å². The van der Waals surface area contributed by atoms with E-state index in [4.69, 9.17) is 4.42 Å². The molecule has 4 fully saturated rings. The van der Waals surface area contributed by atoms with Gasteiger partial charge >= 0.3 is 0 Å². The van der Waals surface area contributed by atoms with Crippen LogP contribution in [0, 0.1) is 34.0 Å². The number of alkyl halides is 2. The zero-order valence-corrected chi connectivity index (χ0v) is 20.8. The topological polar surface area (TPSA) is 108 Å². The smallest absolute Gasteiger partial charge is 0.289 e. The number of nitrogens with zero attached hydrogens (tertiary/aromatic N) is 1. The van der Waals surface area contributed by atoms with Gasteiger partial charge in [-0.25, -0.2) is 8.78 Å². The maximum atomic E-state index is 17.4. The van der Waals surface area contributed by atoms with Gasteiger partial charge < -0.3 is 19.5 Å². The summed E-state index contributed by atoms with van der Waals surface area (Å²) >= 11 is 0. The van der Waals surface area contributed by atoms with E-state index < -0.39 is 64.2 Å². The Balaban J connectivity index is 1.43. The molecule has 0 unspecified atom stereocenters. The number of amides is 1. The molecule has 0 aromatic carbocycles. The fourth-order valence-corrected chi connectivity index (χ4v) is 9.13. The Labute approximate surface area is 213 Å². The molecule has 37 heavy (non-hydrogen) atoms. The number of Topliss-reactive ketones (excluding diaryl/α,β-unsaturated/α-hetero) is 1. The number of carbonyl (C=O) groups is 3. The first kappa shape index (κ1) is 24.7. The molecule has 3 saturated carbocycles. The van der Waals surface area contributed by atoms with E-state index in [1.807, 2.05) is 6.92 Å². The number of carbonyl (C=O) groups excluding carboxylic acids is 3. The second-order valence-electron chi connectivity index (χ2n) is 12.0. The van der Waals surface area contributed by atoms with Crippen molar-refractivity contribution in [1.29, 1.82) is 0 Å². The second-order valence-corrected chi connectivity index (χ2v) is 12.0. The first-order valence-corrected chi connectivity index (χ1v) is 12.9. The first-order chi connectivity index (χ1) is 17.4. The molecule has 1 saturated heterocycles. The van der Waals surface area contributed by atoms with Crippen molar-refractivity contribution in [2.75, 3.05) is 19.7 Å². The summed E-state index contributed by atoms with van der Waals surface area (Å²) in [4.78, 5) is 40.2. The predicted molar refractivity (Wildman–Crippen MR) is 127 cm³/mol. The lowest BCUT2D eigenvalue weighted by molar-refractivity contribution is -0.211. The fourth-order valence-electron chi connectivity index (χ4n) is 9.13. The van der Waals surface area contributed by atoms with Crippen LogP contribution < -0.4 is 0 Å². The van der Waals surface area contributed by atoms with Crippen LogP contribution in [0.5, 0.6) is 0 Å². The minimum Gasteiger partial charge on any atom is -0.459 e. The Morgan fingerprint density at radius 2 is 2.00 bits per heavy atom. The normalized spacial score (nSPS) is 46.1. The molecule has 4 aliphatic carbocycles. The van der Waals surface area contributed by atoms with Gasteiger partial charge in [0.25, 0.3) is 5.91 Å². The maximum absolute atomic E-state index is 17.4. The third-order valence-electron chi connectivity index (χ3n) is 10.8. The lowest BCUT2D eigenvalue weighted by Crippen LogP contribution is -2.69. The van der Waals surface area contributed by atoms with Crippen molar-refractivity contribution in [2.24, 2.45) is 34.0 Å². The Kier molecular flexibility index (Phi) is 5.13. The summed E-state index contributed by atoms with van der Waals surface area (Å²) in [5, 5.41) is 21.6. The molecule has 0 bridgehead atoms. The highest BCUT2D eigenvalue weighted by atomic mass is 19.1. The number of rotatable bonds is 3.